The predicted octanol–water partition coefficient (Wildman–Crippen LogP) is 7.63. The van der Waals surface area contributed by atoms with Crippen molar-refractivity contribution in [1.29, 1.82) is 0 Å². The monoisotopic (exact) mass is 426 g/mol. The molecule has 0 rings (SSSR count). The van der Waals surface area contributed by atoms with Crippen LogP contribution in [0.5, 0.6) is 0 Å². The van der Waals surface area contributed by atoms with Crippen molar-refractivity contribution < 1.29 is 19.1 Å². The van der Waals surface area contributed by atoms with Gasteiger partial charge >= 0.3 is 11.9 Å². The van der Waals surface area contributed by atoms with Crippen molar-refractivity contribution in [3.8, 4) is 0 Å². The molecule has 30 heavy (non-hydrogen) atoms. The quantitative estimate of drug-likeness (QED) is 0.140. The van der Waals surface area contributed by atoms with E-state index in [-0.39, 0.29) is 11.9 Å². The van der Waals surface area contributed by atoms with Gasteiger partial charge in [0.1, 0.15) is 0 Å². The molecule has 0 aromatic heterocycles. The first kappa shape index (κ1) is 28.9. The number of ether oxygens (including phenoxy) is 2. The van der Waals surface area contributed by atoms with Gasteiger partial charge in [0.2, 0.25) is 0 Å². The summed E-state index contributed by atoms with van der Waals surface area (Å²) in [6.07, 6.45) is 16.3. The average Bonchev–Trinajstić information content (AvgIpc) is 2.75. The van der Waals surface area contributed by atoms with Gasteiger partial charge in [-0.05, 0) is 50.4 Å². The zero-order valence-corrected chi connectivity index (χ0v) is 20.5. The summed E-state index contributed by atoms with van der Waals surface area (Å²) < 4.78 is 11.0. The zero-order chi connectivity index (χ0) is 22.5. The fourth-order valence-corrected chi connectivity index (χ4v) is 3.70. The molecule has 0 amide bonds. The molecule has 0 radical (unpaired) electrons. The van der Waals surface area contributed by atoms with Crippen LogP contribution in [0.3, 0.4) is 0 Å². The Morgan fingerprint density at radius 1 is 0.533 bits per heavy atom. The SMILES string of the molecule is CCCCC(CCCC)COC(=O)CCCCC(=O)OCC(CCCC)CCCC. The van der Waals surface area contributed by atoms with Crippen LogP contribution in [0.15, 0.2) is 0 Å². The highest BCUT2D eigenvalue weighted by molar-refractivity contribution is 5.70. The first-order chi connectivity index (χ1) is 14.6. The van der Waals surface area contributed by atoms with Crippen LogP contribution in [0.4, 0.5) is 0 Å². The van der Waals surface area contributed by atoms with E-state index in [4.69, 9.17) is 9.47 Å². The van der Waals surface area contributed by atoms with E-state index >= 15 is 0 Å². The lowest BCUT2D eigenvalue weighted by molar-refractivity contribution is -0.147. The molecule has 0 N–H and O–H groups in total. The van der Waals surface area contributed by atoms with Gasteiger partial charge in [0.05, 0.1) is 13.2 Å². The van der Waals surface area contributed by atoms with E-state index in [0.29, 0.717) is 50.7 Å². The van der Waals surface area contributed by atoms with Gasteiger partial charge < -0.3 is 9.47 Å². The van der Waals surface area contributed by atoms with Gasteiger partial charge in [0.15, 0.2) is 0 Å². The predicted molar refractivity (Wildman–Crippen MR) is 125 cm³/mol. The maximum absolute atomic E-state index is 12.0. The Hall–Kier alpha value is -1.06. The summed E-state index contributed by atoms with van der Waals surface area (Å²) in [5.74, 6) is 0.746. The summed E-state index contributed by atoms with van der Waals surface area (Å²) in [6, 6.07) is 0. The Morgan fingerprint density at radius 2 is 0.833 bits per heavy atom. The van der Waals surface area contributed by atoms with Crippen LogP contribution in [0.25, 0.3) is 0 Å². The van der Waals surface area contributed by atoms with Gasteiger partial charge in [-0.25, -0.2) is 0 Å². The molecule has 0 bridgehead atoms. The molecule has 0 atom stereocenters. The topological polar surface area (TPSA) is 52.6 Å². The highest BCUT2D eigenvalue weighted by Crippen LogP contribution is 2.18. The van der Waals surface area contributed by atoms with Gasteiger partial charge in [-0.2, -0.15) is 0 Å². The molecular weight excluding hydrogens is 376 g/mol. The molecule has 0 spiro atoms. The van der Waals surface area contributed by atoms with Crippen molar-refractivity contribution in [3.63, 3.8) is 0 Å². The van der Waals surface area contributed by atoms with Gasteiger partial charge in [0, 0.05) is 12.8 Å². The Bertz CT molecular complexity index is 354. The minimum atomic E-state index is -0.124. The van der Waals surface area contributed by atoms with Gasteiger partial charge in [-0.3, -0.25) is 9.59 Å². The Morgan fingerprint density at radius 3 is 1.10 bits per heavy atom. The van der Waals surface area contributed by atoms with Crippen molar-refractivity contribution in [2.45, 2.75) is 130 Å². The number of carbonyl (C=O) groups is 2. The third-order valence-corrected chi connectivity index (χ3v) is 5.84. The third-order valence-electron chi connectivity index (χ3n) is 5.84. The molecule has 4 nitrogen and oxygen atoms in total. The van der Waals surface area contributed by atoms with E-state index in [1.54, 1.807) is 0 Å². The molecule has 0 saturated heterocycles. The van der Waals surface area contributed by atoms with Crippen LogP contribution in [-0.4, -0.2) is 25.2 Å². The maximum atomic E-state index is 12.0. The first-order valence-corrected chi connectivity index (χ1v) is 12.9. The van der Waals surface area contributed by atoms with E-state index in [0.717, 1.165) is 25.7 Å². The molecule has 178 valence electrons. The smallest absolute Gasteiger partial charge is 0.305 e. The van der Waals surface area contributed by atoms with Crippen LogP contribution in [0.1, 0.15) is 130 Å². The lowest BCUT2D eigenvalue weighted by Gasteiger charge is -2.17. The largest absolute Gasteiger partial charge is 0.465 e. The zero-order valence-electron chi connectivity index (χ0n) is 20.5. The molecule has 4 heteroatoms. The summed E-state index contributed by atoms with van der Waals surface area (Å²) >= 11 is 0. The summed E-state index contributed by atoms with van der Waals surface area (Å²) in [6.45, 7) is 9.90. The van der Waals surface area contributed by atoms with Crippen LogP contribution in [-0.2, 0) is 19.1 Å². The first-order valence-electron chi connectivity index (χ1n) is 12.9. The van der Waals surface area contributed by atoms with Crippen LogP contribution < -0.4 is 0 Å². The molecule has 0 heterocycles. The van der Waals surface area contributed by atoms with Crippen LogP contribution in [0, 0.1) is 11.8 Å². The molecule has 0 unspecified atom stereocenters. The molecule has 0 aliphatic rings. The number of hydrogen-bond donors (Lipinski definition) is 0. The fraction of sp³-hybridized carbons (Fsp3) is 0.923. The van der Waals surface area contributed by atoms with Gasteiger partial charge in [0.25, 0.3) is 0 Å². The third kappa shape index (κ3) is 17.8. The maximum Gasteiger partial charge on any atom is 0.305 e. The molecule has 0 aliphatic carbocycles. The van der Waals surface area contributed by atoms with Crippen LogP contribution >= 0.6 is 0 Å². The van der Waals surface area contributed by atoms with Crippen LogP contribution in [0.2, 0.25) is 0 Å². The highest BCUT2D eigenvalue weighted by Gasteiger charge is 2.13. The molecular formula is C26H50O4. The standard InChI is InChI=1S/C26H50O4/c1-5-9-15-23(16-10-6-2)21-29-25(27)19-13-14-20-26(28)30-22-24(17-11-7-3)18-12-8-4/h23-24H,5-22H2,1-4H3. The lowest BCUT2D eigenvalue weighted by Crippen LogP contribution is -2.15. The van der Waals surface area contributed by atoms with E-state index < -0.39 is 0 Å². The Kier molecular flexibility index (Phi) is 20.4. The number of carbonyl (C=O) groups excluding carboxylic acids is 2. The van der Waals surface area contributed by atoms with Gasteiger partial charge in [-0.15, -0.1) is 0 Å². The molecule has 0 aliphatic heterocycles. The summed E-state index contributed by atoms with van der Waals surface area (Å²) in [5, 5.41) is 0. The fourth-order valence-electron chi connectivity index (χ4n) is 3.70. The van der Waals surface area contributed by atoms with Crippen molar-refractivity contribution in [3.05, 3.63) is 0 Å². The average molecular weight is 427 g/mol. The van der Waals surface area contributed by atoms with Crippen molar-refractivity contribution in [2.24, 2.45) is 11.8 Å². The number of hydrogen-bond acceptors (Lipinski definition) is 4. The molecule has 0 fully saturated rings. The lowest BCUT2D eigenvalue weighted by atomic mass is 9.97. The minimum Gasteiger partial charge on any atom is -0.465 e. The second-order valence-electron chi connectivity index (χ2n) is 8.87. The van der Waals surface area contributed by atoms with E-state index in [2.05, 4.69) is 27.7 Å². The second kappa shape index (κ2) is 21.2. The summed E-state index contributed by atoms with van der Waals surface area (Å²) in [4.78, 5) is 24.0. The number of unbranched alkanes of at least 4 members (excludes halogenated alkanes) is 5. The van der Waals surface area contributed by atoms with E-state index in [1.807, 2.05) is 0 Å². The normalized spacial score (nSPS) is 11.3. The van der Waals surface area contributed by atoms with Crippen molar-refractivity contribution in [2.75, 3.05) is 13.2 Å². The minimum absolute atomic E-state index is 0.124. The van der Waals surface area contributed by atoms with Gasteiger partial charge in [-0.1, -0.05) is 79.1 Å². The number of esters is 2. The van der Waals surface area contributed by atoms with Crippen molar-refractivity contribution >= 4 is 11.9 Å². The van der Waals surface area contributed by atoms with E-state index in [9.17, 15) is 9.59 Å². The highest BCUT2D eigenvalue weighted by atomic mass is 16.5. The number of rotatable bonds is 21. The Balaban J connectivity index is 3.93. The summed E-state index contributed by atoms with van der Waals surface area (Å²) in [5.41, 5.74) is 0. The second-order valence-corrected chi connectivity index (χ2v) is 8.87. The summed E-state index contributed by atoms with van der Waals surface area (Å²) in [7, 11) is 0. The molecule has 0 aromatic rings. The molecule has 0 aromatic carbocycles. The van der Waals surface area contributed by atoms with Crippen molar-refractivity contribution in [1.82, 2.24) is 0 Å². The van der Waals surface area contributed by atoms with E-state index in [1.165, 1.54) is 51.4 Å². The Labute approximate surface area is 186 Å². The molecule has 0 saturated carbocycles.